The highest BCUT2D eigenvalue weighted by molar-refractivity contribution is 5.86. The number of pyridine rings is 1. The van der Waals surface area contributed by atoms with E-state index in [2.05, 4.69) is 0 Å². The lowest BCUT2D eigenvalue weighted by molar-refractivity contribution is -0.595. The van der Waals surface area contributed by atoms with Gasteiger partial charge in [-0.2, -0.15) is 4.57 Å². The van der Waals surface area contributed by atoms with Crippen molar-refractivity contribution < 1.29 is 26.9 Å². The van der Waals surface area contributed by atoms with E-state index in [0.717, 1.165) is 5.69 Å². The number of hydrogen-bond acceptors (Lipinski definition) is 1. The Hall–Kier alpha value is -1.87. The van der Waals surface area contributed by atoms with E-state index in [0.29, 0.717) is 0 Å². The van der Waals surface area contributed by atoms with Gasteiger partial charge in [0.1, 0.15) is 5.56 Å². The van der Waals surface area contributed by atoms with Crippen LogP contribution in [-0.4, -0.2) is 11.1 Å². The van der Waals surface area contributed by atoms with Crippen molar-refractivity contribution in [2.75, 3.05) is 0 Å². The molecule has 3 nitrogen and oxygen atoms in total. The van der Waals surface area contributed by atoms with Crippen LogP contribution < -0.4 is 17.0 Å². The Bertz CT molecular complexity index is 485. The average Bonchev–Trinajstić information content (AvgIpc) is 2.30. The first-order valence-electron chi connectivity index (χ1n) is 4.57. The van der Waals surface area contributed by atoms with Crippen LogP contribution in [0.25, 0.3) is 5.69 Å². The van der Waals surface area contributed by atoms with E-state index < -0.39 is 5.97 Å². The number of para-hydroxylation sites is 1. The van der Waals surface area contributed by atoms with Gasteiger partial charge in [-0.05, 0) is 6.07 Å². The number of carboxylic acid groups (broad SMARTS) is 1. The van der Waals surface area contributed by atoms with Gasteiger partial charge in [0.05, 0.1) is 0 Å². The lowest BCUT2D eigenvalue weighted by atomic mass is 10.2. The summed E-state index contributed by atoms with van der Waals surface area (Å²) in [4.78, 5) is 10.8. The van der Waals surface area contributed by atoms with Crippen molar-refractivity contribution in [1.82, 2.24) is 0 Å². The Balaban J connectivity index is 0.00000128. The fraction of sp³-hybridized carbons (Fsp3) is 0. The summed E-state index contributed by atoms with van der Waals surface area (Å²) in [6.07, 6.45) is 3.42. The number of aromatic carboxylic acids is 1. The number of aromatic nitrogens is 1. The van der Waals surface area contributed by atoms with Gasteiger partial charge in [0.25, 0.3) is 0 Å². The zero-order chi connectivity index (χ0) is 10.7. The third kappa shape index (κ3) is 2.58. The first-order chi connectivity index (χ1) is 7.27. The summed E-state index contributed by atoms with van der Waals surface area (Å²) < 4.78 is 1.78. The van der Waals surface area contributed by atoms with Crippen molar-refractivity contribution in [3.8, 4) is 5.69 Å². The predicted octanol–water partition coefficient (Wildman–Crippen LogP) is -1.33. The molecule has 2 aromatic rings. The molecule has 0 saturated carbocycles. The summed E-state index contributed by atoms with van der Waals surface area (Å²) in [5.74, 6) is -0.916. The molecule has 0 saturated heterocycles. The van der Waals surface area contributed by atoms with Crippen LogP contribution >= 0.6 is 0 Å². The highest BCUT2D eigenvalue weighted by atomic mass is 35.5. The Morgan fingerprint density at radius 3 is 2.38 bits per heavy atom. The maximum Gasteiger partial charge on any atom is 0.341 e. The summed E-state index contributed by atoms with van der Waals surface area (Å²) in [6.45, 7) is 0. The van der Waals surface area contributed by atoms with E-state index in [4.69, 9.17) is 5.11 Å². The van der Waals surface area contributed by atoms with Gasteiger partial charge >= 0.3 is 5.97 Å². The fourth-order valence-electron chi connectivity index (χ4n) is 1.36. The van der Waals surface area contributed by atoms with Crippen molar-refractivity contribution in [2.24, 2.45) is 0 Å². The Morgan fingerprint density at radius 1 is 1.06 bits per heavy atom. The van der Waals surface area contributed by atoms with Gasteiger partial charge in [-0.15, -0.1) is 0 Å². The molecule has 1 N–H and O–H groups in total. The molecule has 2 rings (SSSR count). The molecular formula is C12H10ClNO2. The van der Waals surface area contributed by atoms with E-state index in [9.17, 15) is 4.79 Å². The average molecular weight is 236 g/mol. The molecule has 0 aliphatic carbocycles. The van der Waals surface area contributed by atoms with Crippen LogP contribution in [0.15, 0.2) is 54.9 Å². The minimum absolute atomic E-state index is 0. The van der Waals surface area contributed by atoms with Crippen molar-refractivity contribution >= 4 is 5.97 Å². The monoisotopic (exact) mass is 235 g/mol. The molecule has 0 spiro atoms. The highest BCUT2D eigenvalue weighted by Crippen LogP contribution is 2.00. The normalized spacial score (nSPS) is 9.25. The van der Waals surface area contributed by atoms with Crippen LogP contribution in [0, 0.1) is 0 Å². The summed E-state index contributed by atoms with van der Waals surface area (Å²) in [6, 6.07) is 12.9. The van der Waals surface area contributed by atoms with Gasteiger partial charge in [-0.3, -0.25) is 0 Å². The van der Waals surface area contributed by atoms with Crippen LogP contribution in [0.1, 0.15) is 10.4 Å². The molecule has 0 radical (unpaired) electrons. The third-order valence-electron chi connectivity index (χ3n) is 2.10. The largest absolute Gasteiger partial charge is 1.00 e. The van der Waals surface area contributed by atoms with Crippen molar-refractivity contribution in [3.63, 3.8) is 0 Å². The molecule has 16 heavy (non-hydrogen) atoms. The number of benzene rings is 1. The molecule has 0 aliphatic heterocycles. The summed E-state index contributed by atoms with van der Waals surface area (Å²) in [5.41, 5.74) is 1.22. The molecule has 1 aromatic heterocycles. The van der Waals surface area contributed by atoms with Crippen molar-refractivity contribution in [2.45, 2.75) is 0 Å². The zero-order valence-electron chi connectivity index (χ0n) is 8.38. The molecule has 1 heterocycles. The number of nitrogens with zero attached hydrogens (tertiary/aromatic N) is 1. The van der Waals surface area contributed by atoms with Crippen LogP contribution in [0.3, 0.4) is 0 Å². The SMILES string of the molecule is O=C(O)c1ccc[n+](-c2ccccc2)c1.[Cl-]. The minimum atomic E-state index is -0.916. The van der Waals surface area contributed by atoms with Crippen LogP contribution in [0.2, 0.25) is 0 Å². The number of rotatable bonds is 2. The van der Waals surface area contributed by atoms with Crippen molar-refractivity contribution in [1.29, 1.82) is 0 Å². The van der Waals surface area contributed by atoms with Crippen LogP contribution in [0.4, 0.5) is 0 Å². The second-order valence-corrected chi connectivity index (χ2v) is 3.14. The highest BCUT2D eigenvalue weighted by Gasteiger charge is 2.09. The van der Waals surface area contributed by atoms with Crippen molar-refractivity contribution in [3.05, 3.63) is 60.4 Å². The Labute approximate surface area is 99.4 Å². The molecule has 0 bridgehead atoms. The zero-order valence-corrected chi connectivity index (χ0v) is 9.13. The van der Waals surface area contributed by atoms with E-state index in [-0.39, 0.29) is 18.0 Å². The van der Waals surface area contributed by atoms with Gasteiger partial charge in [-0.25, -0.2) is 4.79 Å². The number of carbonyl (C=O) groups is 1. The molecule has 0 amide bonds. The molecule has 0 atom stereocenters. The maximum absolute atomic E-state index is 10.8. The summed E-state index contributed by atoms with van der Waals surface area (Å²) in [7, 11) is 0. The second-order valence-electron chi connectivity index (χ2n) is 3.14. The van der Waals surface area contributed by atoms with Gasteiger partial charge in [0.15, 0.2) is 12.4 Å². The molecule has 0 fully saturated rings. The van der Waals surface area contributed by atoms with Gasteiger partial charge in [0.2, 0.25) is 5.69 Å². The first kappa shape index (κ1) is 12.2. The second kappa shape index (κ2) is 5.28. The molecular weight excluding hydrogens is 226 g/mol. The van der Waals surface area contributed by atoms with E-state index in [1.807, 2.05) is 36.5 Å². The lowest BCUT2D eigenvalue weighted by Gasteiger charge is -1.95. The number of hydrogen-bond donors (Lipinski definition) is 1. The third-order valence-corrected chi connectivity index (χ3v) is 2.10. The minimum Gasteiger partial charge on any atom is -1.00 e. The van der Waals surface area contributed by atoms with E-state index >= 15 is 0 Å². The summed E-state index contributed by atoms with van der Waals surface area (Å²) >= 11 is 0. The number of halogens is 1. The maximum atomic E-state index is 10.8. The van der Waals surface area contributed by atoms with Gasteiger partial charge in [0, 0.05) is 18.2 Å². The Kier molecular flexibility index (Phi) is 4.03. The molecule has 1 aromatic carbocycles. The van der Waals surface area contributed by atoms with Gasteiger partial charge < -0.3 is 17.5 Å². The van der Waals surface area contributed by atoms with E-state index in [1.54, 1.807) is 22.9 Å². The molecule has 0 aliphatic rings. The van der Waals surface area contributed by atoms with Crippen LogP contribution in [-0.2, 0) is 0 Å². The van der Waals surface area contributed by atoms with E-state index in [1.165, 1.54) is 0 Å². The fourth-order valence-corrected chi connectivity index (χ4v) is 1.36. The smallest absolute Gasteiger partial charge is 0.341 e. The molecule has 0 unspecified atom stereocenters. The van der Waals surface area contributed by atoms with Gasteiger partial charge in [-0.1, -0.05) is 18.2 Å². The summed E-state index contributed by atoms with van der Waals surface area (Å²) in [5, 5.41) is 8.84. The topological polar surface area (TPSA) is 41.2 Å². The first-order valence-corrected chi connectivity index (χ1v) is 4.57. The molecule has 4 heteroatoms. The quantitative estimate of drug-likeness (QED) is 0.655. The standard InChI is InChI=1S/C12H9NO2.ClH/c14-12(15)10-5-4-8-13(9-10)11-6-2-1-3-7-11;/h1-9H;1H. The Morgan fingerprint density at radius 2 is 1.75 bits per heavy atom. The molecule has 82 valence electrons. The predicted molar refractivity (Wildman–Crippen MR) is 54.9 cm³/mol. The number of carboxylic acids is 1. The van der Waals surface area contributed by atoms with Crippen LogP contribution in [0.5, 0.6) is 0 Å². The lowest BCUT2D eigenvalue weighted by Crippen LogP contribution is -3.00.